The van der Waals surface area contributed by atoms with Crippen LogP contribution in [0.4, 0.5) is 0 Å². The largest absolute Gasteiger partial charge is 0.493 e. The molecule has 2 heterocycles. The number of hydrogen-bond donors (Lipinski definition) is 1. The molecule has 0 atom stereocenters. The van der Waals surface area contributed by atoms with E-state index in [9.17, 15) is 5.11 Å². The van der Waals surface area contributed by atoms with E-state index in [4.69, 9.17) is 0 Å². The molecule has 14 heavy (non-hydrogen) atoms. The molecule has 0 bridgehead atoms. The predicted molar refractivity (Wildman–Crippen MR) is 58.4 cm³/mol. The molecule has 2 aromatic heterocycles. The van der Waals surface area contributed by atoms with Crippen LogP contribution in [0, 0.1) is 0 Å². The molecule has 6 heteroatoms. The van der Waals surface area contributed by atoms with Crippen LogP contribution >= 0.6 is 31.9 Å². The fourth-order valence-corrected chi connectivity index (χ4v) is 2.24. The van der Waals surface area contributed by atoms with E-state index in [1.165, 1.54) is 12.3 Å². The van der Waals surface area contributed by atoms with Gasteiger partial charge in [-0.2, -0.15) is 5.10 Å². The zero-order valence-corrected chi connectivity index (χ0v) is 10.0. The van der Waals surface area contributed by atoms with Gasteiger partial charge in [-0.15, -0.1) is 0 Å². The Kier molecular flexibility index (Phi) is 2.56. The smallest absolute Gasteiger partial charge is 0.212 e. The molecule has 72 valence electrons. The lowest BCUT2D eigenvalue weighted by atomic mass is 10.4. The fraction of sp³-hybridized carbons (Fsp3) is 0. The van der Waals surface area contributed by atoms with Crippen molar-refractivity contribution in [3.8, 4) is 11.6 Å². The zero-order chi connectivity index (χ0) is 10.1. The highest BCUT2D eigenvalue weighted by Gasteiger charge is 2.05. The number of aromatic nitrogens is 3. The average molecular weight is 319 g/mol. The van der Waals surface area contributed by atoms with Crippen molar-refractivity contribution in [1.29, 1.82) is 0 Å². The van der Waals surface area contributed by atoms with Crippen molar-refractivity contribution in [2.24, 2.45) is 0 Å². The molecule has 0 fully saturated rings. The summed E-state index contributed by atoms with van der Waals surface area (Å²) in [5.41, 5.74) is 0.745. The van der Waals surface area contributed by atoms with Crippen LogP contribution in [0.3, 0.4) is 0 Å². The maximum absolute atomic E-state index is 9.19. The lowest BCUT2D eigenvalue weighted by Gasteiger charge is -2.02. The number of pyridine rings is 1. The Hall–Kier alpha value is -0.880. The Bertz CT molecular complexity index is 469. The monoisotopic (exact) mass is 317 g/mol. The van der Waals surface area contributed by atoms with Gasteiger partial charge in [-0.05, 0) is 37.9 Å². The molecule has 0 spiro atoms. The van der Waals surface area contributed by atoms with Crippen LogP contribution in [-0.4, -0.2) is 19.9 Å². The first kappa shape index (κ1) is 9.67. The highest BCUT2D eigenvalue weighted by molar-refractivity contribution is 9.11. The van der Waals surface area contributed by atoms with Crippen molar-refractivity contribution >= 4 is 31.9 Å². The van der Waals surface area contributed by atoms with Gasteiger partial charge in [-0.3, -0.25) is 0 Å². The van der Waals surface area contributed by atoms with Gasteiger partial charge in [0.05, 0.1) is 5.69 Å². The predicted octanol–water partition coefficient (Wildman–Crippen LogP) is 2.50. The van der Waals surface area contributed by atoms with E-state index >= 15 is 0 Å². The minimum atomic E-state index is -0.0268. The topological polar surface area (TPSA) is 50.9 Å². The number of halogens is 2. The van der Waals surface area contributed by atoms with E-state index in [1.807, 2.05) is 6.07 Å². The molecule has 0 aromatic carbocycles. The van der Waals surface area contributed by atoms with Gasteiger partial charge in [-0.25, -0.2) is 9.67 Å². The average Bonchev–Trinajstić information content (AvgIpc) is 2.45. The summed E-state index contributed by atoms with van der Waals surface area (Å²) in [5, 5.41) is 13.4. The van der Waals surface area contributed by atoms with Gasteiger partial charge in [0.2, 0.25) is 5.88 Å². The van der Waals surface area contributed by atoms with E-state index in [-0.39, 0.29) is 5.88 Å². The summed E-state index contributed by atoms with van der Waals surface area (Å²) in [6.45, 7) is 0. The molecule has 1 N–H and O–H groups in total. The summed E-state index contributed by atoms with van der Waals surface area (Å²) in [7, 11) is 0. The van der Waals surface area contributed by atoms with Crippen molar-refractivity contribution < 1.29 is 5.11 Å². The lowest BCUT2D eigenvalue weighted by molar-refractivity contribution is 0.453. The first-order valence-corrected chi connectivity index (χ1v) is 5.32. The summed E-state index contributed by atoms with van der Waals surface area (Å²) in [5.74, 6) is -0.0268. The normalized spacial score (nSPS) is 10.4. The summed E-state index contributed by atoms with van der Waals surface area (Å²) < 4.78 is 3.17. The standard InChI is InChI=1S/C8H5Br2N3O/c9-6-4-7(10)13(12-6)5-1-2-11-8(14)3-5/h1-4H,(H,11,14). The van der Waals surface area contributed by atoms with Gasteiger partial charge < -0.3 is 5.11 Å². The number of hydrogen-bond acceptors (Lipinski definition) is 3. The molecule has 0 aliphatic rings. The number of aromatic hydroxyl groups is 1. The van der Waals surface area contributed by atoms with Gasteiger partial charge in [0, 0.05) is 18.3 Å². The van der Waals surface area contributed by atoms with E-state index in [2.05, 4.69) is 41.9 Å². The summed E-state index contributed by atoms with van der Waals surface area (Å²) >= 11 is 6.61. The molecule has 0 aliphatic carbocycles. The lowest BCUT2D eigenvalue weighted by Crippen LogP contribution is -1.96. The van der Waals surface area contributed by atoms with E-state index in [1.54, 1.807) is 10.7 Å². The molecule has 0 radical (unpaired) electrons. The van der Waals surface area contributed by atoms with Crippen molar-refractivity contribution in [3.05, 3.63) is 33.6 Å². The second-order valence-electron chi connectivity index (χ2n) is 2.57. The Morgan fingerprint density at radius 3 is 2.64 bits per heavy atom. The Morgan fingerprint density at radius 1 is 1.29 bits per heavy atom. The summed E-state index contributed by atoms with van der Waals surface area (Å²) in [4.78, 5) is 3.69. The van der Waals surface area contributed by atoms with Crippen LogP contribution in [0.5, 0.6) is 5.88 Å². The van der Waals surface area contributed by atoms with Gasteiger partial charge in [-0.1, -0.05) is 0 Å². The van der Waals surface area contributed by atoms with E-state index in [0.717, 1.165) is 14.9 Å². The molecule has 0 amide bonds. The third-order valence-corrected chi connectivity index (χ3v) is 2.56. The molecular weight excluding hydrogens is 314 g/mol. The fourth-order valence-electron chi connectivity index (χ4n) is 1.05. The highest BCUT2D eigenvalue weighted by atomic mass is 79.9. The summed E-state index contributed by atoms with van der Waals surface area (Å²) in [6, 6.07) is 5.10. The molecule has 4 nitrogen and oxygen atoms in total. The Labute approximate surface area is 96.8 Å². The zero-order valence-electron chi connectivity index (χ0n) is 6.85. The minimum absolute atomic E-state index is 0.0268. The maximum atomic E-state index is 9.19. The molecule has 0 saturated heterocycles. The van der Waals surface area contributed by atoms with Crippen molar-refractivity contribution in [3.63, 3.8) is 0 Å². The highest BCUT2D eigenvalue weighted by Crippen LogP contribution is 2.21. The molecule has 0 aliphatic heterocycles. The van der Waals surface area contributed by atoms with Crippen LogP contribution in [0.1, 0.15) is 0 Å². The molecule has 0 unspecified atom stereocenters. The Morgan fingerprint density at radius 2 is 2.07 bits per heavy atom. The molecular formula is C8H5Br2N3O. The first-order valence-electron chi connectivity index (χ1n) is 3.73. The van der Waals surface area contributed by atoms with Gasteiger partial charge >= 0.3 is 0 Å². The van der Waals surface area contributed by atoms with Crippen LogP contribution < -0.4 is 0 Å². The molecule has 0 saturated carbocycles. The van der Waals surface area contributed by atoms with Crippen LogP contribution in [-0.2, 0) is 0 Å². The van der Waals surface area contributed by atoms with Gasteiger partial charge in [0.25, 0.3) is 0 Å². The first-order chi connectivity index (χ1) is 6.66. The maximum Gasteiger partial charge on any atom is 0.212 e. The summed E-state index contributed by atoms with van der Waals surface area (Å²) in [6.07, 6.45) is 1.52. The van der Waals surface area contributed by atoms with Crippen molar-refractivity contribution in [1.82, 2.24) is 14.8 Å². The third kappa shape index (κ3) is 1.80. The van der Waals surface area contributed by atoms with Gasteiger partial charge in [0.1, 0.15) is 9.21 Å². The van der Waals surface area contributed by atoms with Crippen LogP contribution in [0.15, 0.2) is 33.6 Å². The van der Waals surface area contributed by atoms with E-state index < -0.39 is 0 Å². The van der Waals surface area contributed by atoms with E-state index in [0.29, 0.717) is 0 Å². The quantitative estimate of drug-likeness (QED) is 0.879. The minimum Gasteiger partial charge on any atom is -0.493 e. The SMILES string of the molecule is Oc1cc(-n2nc(Br)cc2Br)ccn1. The second kappa shape index (κ2) is 3.70. The third-order valence-electron chi connectivity index (χ3n) is 1.61. The number of rotatable bonds is 1. The number of nitrogens with zero attached hydrogens (tertiary/aromatic N) is 3. The van der Waals surface area contributed by atoms with Crippen LogP contribution in [0.25, 0.3) is 5.69 Å². The second-order valence-corrected chi connectivity index (χ2v) is 4.20. The molecule has 2 rings (SSSR count). The molecule has 2 aromatic rings. The Balaban J connectivity index is 2.54. The van der Waals surface area contributed by atoms with Crippen LogP contribution in [0.2, 0.25) is 0 Å². The van der Waals surface area contributed by atoms with Crippen molar-refractivity contribution in [2.45, 2.75) is 0 Å². The van der Waals surface area contributed by atoms with Crippen molar-refractivity contribution in [2.75, 3.05) is 0 Å². The van der Waals surface area contributed by atoms with Gasteiger partial charge in [0.15, 0.2) is 0 Å².